The minimum Gasteiger partial charge on any atom is -0.437 e. The topological polar surface area (TPSA) is 123 Å². The number of hydrogen-bond acceptors (Lipinski definition) is 13. The van der Waals surface area contributed by atoms with Crippen molar-refractivity contribution >= 4 is 102 Å². The zero-order valence-electron chi connectivity index (χ0n) is 45.5. The van der Waals surface area contributed by atoms with E-state index >= 15 is 0 Å². The minimum absolute atomic E-state index is 0.00885. The van der Waals surface area contributed by atoms with Crippen LogP contribution in [-0.4, -0.2) is 126 Å². The maximum absolute atomic E-state index is 7.29. The summed E-state index contributed by atoms with van der Waals surface area (Å²) < 4.78 is 82.4. The van der Waals surface area contributed by atoms with Crippen LogP contribution in [0.1, 0.15) is 47.0 Å². The minimum atomic E-state index is -2.98. The third kappa shape index (κ3) is 27.3. The lowest BCUT2D eigenvalue weighted by Gasteiger charge is -2.46. The fourth-order valence-electron chi connectivity index (χ4n) is 9.96. The van der Waals surface area contributed by atoms with E-state index in [9.17, 15) is 0 Å². The molecule has 25 heteroatoms. The Kier molecular flexibility index (Phi) is 21.2. The van der Waals surface area contributed by atoms with Crippen LogP contribution < -0.4 is 5.32 Å². The van der Waals surface area contributed by atoms with Crippen molar-refractivity contribution in [3.8, 4) is 0 Å². The predicted molar refractivity (Wildman–Crippen MR) is 287 cm³/mol. The van der Waals surface area contributed by atoms with Crippen LogP contribution in [0, 0.1) is 0 Å². The van der Waals surface area contributed by atoms with Crippen molar-refractivity contribution in [3.63, 3.8) is 0 Å². The van der Waals surface area contributed by atoms with E-state index < -0.39 is 102 Å². The maximum atomic E-state index is 7.29. The van der Waals surface area contributed by atoms with Gasteiger partial charge in [-0.25, -0.2) is 0 Å². The SMILES string of the molecule is CC1(C)CC(OCCC[Si](C)(O[Si](C)(C)O[Si](C)(C)O[Si](C)(C)O[Si](C)(C)O[Si](C)(C)C)O[Si](C)(C)O[Si](C)(C)O[Si](C)(C)O[Si](C)(C)O[Si](C)(C)O[Si](C)(C)C)CC(C)(C)N1. The van der Waals surface area contributed by atoms with Crippen LogP contribution in [0.3, 0.4) is 0 Å². The molecular weight excluding hydrogens is 987 g/mol. The van der Waals surface area contributed by atoms with Gasteiger partial charge in [0.25, 0.3) is 0 Å². The second-order valence-corrected chi connectivity index (χ2v) is 70.4. The lowest BCUT2D eigenvalue weighted by atomic mass is 9.81. The molecule has 1 aliphatic rings. The van der Waals surface area contributed by atoms with Crippen molar-refractivity contribution in [2.45, 2.75) is 234 Å². The van der Waals surface area contributed by atoms with Gasteiger partial charge in [0.1, 0.15) is 0 Å². The molecule has 0 radical (unpaired) electrons. The van der Waals surface area contributed by atoms with E-state index in [4.69, 9.17) is 50.0 Å². The van der Waals surface area contributed by atoms with E-state index in [1.165, 1.54) is 0 Å². The maximum Gasteiger partial charge on any atom is 0.317 e. The van der Waals surface area contributed by atoms with E-state index in [0.717, 1.165) is 25.3 Å². The molecule has 372 valence electrons. The molecule has 1 fully saturated rings. The number of piperidine rings is 1. The molecule has 1 heterocycles. The van der Waals surface area contributed by atoms with Gasteiger partial charge in [0.2, 0.25) is 0 Å². The first-order chi connectivity index (χ1) is 26.8. The van der Waals surface area contributed by atoms with Crippen molar-refractivity contribution in [2.24, 2.45) is 0 Å². The lowest BCUT2D eigenvalue weighted by molar-refractivity contribution is -0.0217. The highest BCUT2D eigenvalue weighted by Crippen LogP contribution is 2.35. The fourth-order valence-corrected chi connectivity index (χ4v) is 70.2. The summed E-state index contributed by atoms with van der Waals surface area (Å²) in [5.41, 5.74) is 0.0177. The Hall–Kier alpha value is 2.08. The summed E-state index contributed by atoms with van der Waals surface area (Å²) in [6.07, 6.45) is 2.91. The van der Waals surface area contributed by atoms with Gasteiger partial charge in [0.15, 0.2) is 16.6 Å². The molecule has 13 nitrogen and oxygen atoms in total. The van der Waals surface area contributed by atoms with E-state index in [1.54, 1.807) is 0 Å². The molecule has 0 saturated carbocycles. The van der Waals surface area contributed by atoms with Gasteiger partial charge in [-0.2, -0.15) is 0 Å². The number of hydrogen-bond donors (Lipinski definition) is 1. The van der Waals surface area contributed by atoms with Crippen LogP contribution in [-0.2, 0) is 50.0 Å². The van der Waals surface area contributed by atoms with Gasteiger partial charge in [-0.15, -0.1) is 0 Å². The quantitative estimate of drug-likeness (QED) is 0.0621. The highest BCUT2D eigenvalue weighted by atomic mass is 28.5. The lowest BCUT2D eigenvalue weighted by Crippen LogP contribution is -2.63. The van der Waals surface area contributed by atoms with Crippen molar-refractivity contribution < 1.29 is 50.0 Å². The normalized spacial score (nSPS) is 19.5. The molecule has 1 saturated heterocycles. The molecule has 1 N–H and O–H groups in total. The molecule has 0 aromatic heterocycles. The predicted octanol–water partition coefficient (Wildman–Crippen LogP) is 11.9. The molecule has 0 aromatic rings. The van der Waals surface area contributed by atoms with Crippen LogP contribution in [0.15, 0.2) is 0 Å². The first-order valence-corrected chi connectivity index (χ1v) is 57.6. The summed E-state index contributed by atoms with van der Waals surface area (Å²) in [5.74, 6) is 0. The largest absolute Gasteiger partial charge is 0.437 e. The van der Waals surface area contributed by atoms with Gasteiger partial charge in [-0.3, -0.25) is 0 Å². The number of rotatable bonds is 27. The second kappa shape index (κ2) is 21.2. The van der Waals surface area contributed by atoms with Crippen molar-refractivity contribution in [3.05, 3.63) is 0 Å². The van der Waals surface area contributed by atoms with E-state index in [1.807, 2.05) is 0 Å². The van der Waals surface area contributed by atoms with Gasteiger partial charge in [0, 0.05) is 17.7 Å². The van der Waals surface area contributed by atoms with Crippen molar-refractivity contribution in [2.75, 3.05) is 6.61 Å². The monoisotopic (exact) mass is 1090 g/mol. The Balaban J connectivity index is 3.33. The molecule has 1 rings (SSSR count). The van der Waals surface area contributed by atoms with E-state index in [0.29, 0.717) is 6.61 Å². The Morgan fingerprint density at radius 3 is 0.823 bits per heavy atom. The van der Waals surface area contributed by atoms with Gasteiger partial charge in [-0.05, 0) is 217 Å². The third-order valence-corrected chi connectivity index (χ3v) is 53.8. The first kappa shape index (κ1) is 62.1. The molecular formula is C37H99NO12Si12. The molecule has 1 aliphatic heterocycles. The molecule has 62 heavy (non-hydrogen) atoms. The molecule has 1 atom stereocenters. The summed E-state index contributed by atoms with van der Waals surface area (Å²) in [4.78, 5) is 0. The molecule has 0 spiro atoms. The Bertz CT molecular complexity index is 1420. The summed E-state index contributed by atoms with van der Waals surface area (Å²) in [6, 6.07) is 0.729. The van der Waals surface area contributed by atoms with Crippen molar-refractivity contribution in [1.29, 1.82) is 0 Å². The Morgan fingerprint density at radius 1 is 0.355 bits per heavy atom. The summed E-state index contributed by atoms with van der Waals surface area (Å²) in [6.45, 7) is 63.0. The second-order valence-electron chi connectivity index (χ2n) is 25.0. The van der Waals surface area contributed by atoms with E-state index in [2.05, 4.69) is 197 Å². The van der Waals surface area contributed by atoms with Crippen LogP contribution >= 0.6 is 0 Å². The van der Waals surface area contributed by atoms with Crippen LogP contribution in [0.5, 0.6) is 0 Å². The standard InChI is InChI=1S/C37H99NO12Si12/c1-36(2)33-35(34-37(3,4)38-36)39-31-30-32-62(29,49-60(25,26)47-58(21,22)45-56(17,18)43-54(13,14)41-52(8,9)10)50-61(27,28)48-59(23,24)46-57(19,20)44-55(15,16)42-53(11,12)40-51(5,6)7/h35,38H,30-34H2,1-29H3. The summed E-state index contributed by atoms with van der Waals surface area (Å²) >= 11 is 0. The molecule has 0 aromatic carbocycles. The Labute approximate surface area is 395 Å². The van der Waals surface area contributed by atoms with Crippen molar-refractivity contribution in [1.82, 2.24) is 5.32 Å². The summed E-state index contributed by atoms with van der Waals surface area (Å²) in [7, 11) is -30.7. The zero-order chi connectivity index (χ0) is 49.3. The van der Waals surface area contributed by atoms with Crippen LogP contribution in [0.25, 0.3) is 0 Å². The van der Waals surface area contributed by atoms with Gasteiger partial charge in [-0.1, -0.05) is 0 Å². The summed E-state index contributed by atoms with van der Waals surface area (Å²) in [5, 5.41) is 3.77. The smallest absolute Gasteiger partial charge is 0.317 e. The zero-order valence-corrected chi connectivity index (χ0v) is 57.5. The third-order valence-electron chi connectivity index (χ3n) is 8.75. The first-order valence-electron chi connectivity index (χ1n) is 22.9. The molecule has 0 bridgehead atoms. The fraction of sp³-hybridized carbons (Fsp3) is 1.00. The van der Waals surface area contributed by atoms with Gasteiger partial charge < -0.3 is 55.3 Å². The number of nitrogens with one attached hydrogen (secondary N) is 1. The Morgan fingerprint density at radius 2 is 0.581 bits per heavy atom. The van der Waals surface area contributed by atoms with E-state index in [-0.39, 0.29) is 17.2 Å². The molecule has 1 unspecified atom stereocenters. The van der Waals surface area contributed by atoms with Crippen LogP contribution in [0.4, 0.5) is 0 Å². The molecule has 0 aliphatic carbocycles. The van der Waals surface area contributed by atoms with Crippen LogP contribution in [0.2, 0.25) is 170 Å². The average Bonchev–Trinajstić information content (AvgIpc) is 2.79. The highest BCUT2D eigenvalue weighted by molar-refractivity contribution is 6.94. The average molecular weight is 1090 g/mol. The highest BCUT2D eigenvalue weighted by Gasteiger charge is 2.52. The molecule has 0 amide bonds. The van der Waals surface area contributed by atoms with Gasteiger partial charge in [0.05, 0.1) is 6.10 Å². The van der Waals surface area contributed by atoms with Gasteiger partial charge >= 0.3 is 85.6 Å². The number of ether oxygens (including phenoxy) is 1.